The molecule has 164 valence electrons. The molecule has 1 aliphatic heterocycles. The summed E-state index contributed by atoms with van der Waals surface area (Å²) < 4.78 is 0.974. The van der Waals surface area contributed by atoms with Gasteiger partial charge in [0.2, 0.25) is 11.8 Å². The molecule has 0 bridgehead atoms. The number of aromatic amines is 1. The van der Waals surface area contributed by atoms with Crippen molar-refractivity contribution in [2.75, 3.05) is 16.8 Å². The topological polar surface area (TPSA) is 95.2 Å². The number of halogens is 1. The smallest absolute Gasteiger partial charge is 0.251 e. The minimum Gasteiger partial charge on any atom is -0.326 e. The molecular weight excluding hydrogens is 472 g/mol. The van der Waals surface area contributed by atoms with E-state index in [1.165, 1.54) is 6.07 Å². The van der Waals surface area contributed by atoms with Crippen molar-refractivity contribution in [1.82, 2.24) is 9.97 Å². The number of benzene rings is 2. The first-order valence-corrected chi connectivity index (χ1v) is 11.2. The van der Waals surface area contributed by atoms with Crippen molar-refractivity contribution in [1.29, 1.82) is 0 Å². The van der Waals surface area contributed by atoms with E-state index in [0.29, 0.717) is 35.7 Å². The largest absolute Gasteiger partial charge is 0.326 e. The van der Waals surface area contributed by atoms with Gasteiger partial charge < -0.3 is 15.2 Å². The van der Waals surface area contributed by atoms with Gasteiger partial charge >= 0.3 is 0 Å². The average Bonchev–Trinajstić information content (AvgIpc) is 3.17. The maximum absolute atomic E-state index is 12.9. The molecule has 2 heterocycles. The second kappa shape index (κ2) is 9.08. The maximum atomic E-state index is 12.9. The number of carbonyl (C=O) groups is 2. The van der Waals surface area contributed by atoms with Crippen LogP contribution in [0.25, 0.3) is 11.4 Å². The SMILES string of the molecule is CCc1cc(=O)[nH]c(-c2cccc(NC(=O)C3CC(=O)N(c4ccc(Br)c(C)c4)C3)c2)n1. The van der Waals surface area contributed by atoms with Crippen molar-refractivity contribution < 1.29 is 9.59 Å². The van der Waals surface area contributed by atoms with E-state index in [-0.39, 0.29) is 23.8 Å². The number of amides is 2. The van der Waals surface area contributed by atoms with Gasteiger partial charge in [0.05, 0.1) is 5.92 Å². The molecule has 32 heavy (non-hydrogen) atoms. The van der Waals surface area contributed by atoms with Gasteiger partial charge in [-0.05, 0) is 49.2 Å². The van der Waals surface area contributed by atoms with E-state index in [0.717, 1.165) is 15.7 Å². The van der Waals surface area contributed by atoms with Crippen molar-refractivity contribution >= 4 is 39.1 Å². The molecule has 0 radical (unpaired) electrons. The van der Waals surface area contributed by atoms with E-state index in [2.05, 4.69) is 31.2 Å². The minimum absolute atomic E-state index is 0.0706. The van der Waals surface area contributed by atoms with Gasteiger partial charge in [0.15, 0.2) is 0 Å². The van der Waals surface area contributed by atoms with Crippen LogP contribution in [0.2, 0.25) is 0 Å². The van der Waals surface area contributed by atoms with Crippen LogP contribution in [-0.2, 0) is 16.0 Å². The summed E-state index contributed by atoms with van der Waals surface area (Å²) >= 11 is 3.47. The van der Waals surface area contributed by atoms with E-state index in [4.69, 9.17) is 0 Å². The second-order valence-corrected chi connectivity index (χ2v) is 8.70. The molecule has 1 aliphatic rings. The normalized spacial score (nSPS) is 15.8. The van der Waals surface area contributed by atoms with Crippen LogP contribution in [0.1, 0.15) is 24.6 Å². The second-order valence-electron chi connectivity index (χ2n) is 7.85. The Hall–Kier alpha value is -3.26. The molecule has 3 aromatic rings. The number of H-pyrrole nitrogens is 1. The predicted molar refractivity (Wildman–Crippen MR) is 128 cm³/mol. The van der Waals surface area contributed by atoms with E-state index in [1.807, 2.05) is 38.1 Å². The average molecular weight is 495 g/mol. The fraction of sp³-hybridized carbons (Fsp3) is 0.250. The number of rotatable bonds is 5. The Morgan fingerprint density at radius 2 is 2.03 bits per heavy atom. The molecule has 1 fully saturated rings. The Labute approximate surface area is 194 Å². The van der Waals surface area contributed by atoms with Crippen LogP contribution in [0.4, 0.5) is 11.4 Å². The highest BCUT2D eigenvalue weighted by Gasteiger charge is 2.35. The van der Waals surface area contributed by atoms with Gasteiger partial charge in [0.25, 0.3) is 5.56 Å². The first-order chi connectivity index (χ1) is 15.3. The number of nitrogens with zero attached hydrogens (tertiary/aromatic N) is 2. The molecule has 2 amide bonds. The zero-order valence-electron chi connectivity index (χ0n) is 17.8. The molecule has 1 saturated heterocycles. The minimum atomic E-state index is -0.448. The molecule has 1 aromatic heterocycles. The van der Waals surface area contributed by atoms with Gasteiger partial charge in [-0.25, -0.2) is 4.98 Å². The van der Waals surface area contributed by atoms with Crippen LogP contribution in [0.15, 0.2) is 57.8 Å². The molecule has 7 nitrogen and oxygen atoms in total. The van der Waals surface area contributed by atoms with Crippen LogP contribution in [-0.4, -0.2) is 28.3 Å². The first-order valence-electron chi connectivity index (χ1n) is 10.4. The van der Waals surface area contributed by atoms with Gasteiger partial charge in [-0.15, -0.1) is 0 Å². The summed E-state index contributed by atoms with van der Waals surface area (Å²) in [5.74, 6) is -0.274. The summed E-state index contributed by atoms with van der Waals surface area (Å²) in [6.45, 7) is 4.23. The summed E-state index contributed by atoms with van der Waals surface area (Å²) in [6.07, 6.45) is 0.811. The Bertz CT molecular complexity index is 1250. The lowest BCUT2D eigenvalue weighted by molar-refractivity contribution is -0.122. The predicted octanol–water partition coefficient (Wildman–Crippen LogP) is 4.06. The summed E-state index contributed by atoms with van der Waals surface area (Å²) in [5.41, 5.74) is 3.59. The van der Waals surface area contributed by atoms with Gasteiger partial charge in [0, 0.05) is 46.1 Å². The van der Waals surface area contributed by atoms with Crippen molar-refractivity contribution in [2.24, 2.45) is 5.92 Å². The molecule has 1 unspecified atom stereocenters. The quantitative estimate of drug-likeness (QED) is 0.558. The molecule has 0 saturated carbocycles. The highest BCUT2D eigenvalue weighted by molar-refractivity contribution is 9.10. The first kappa shape index (κ1) is 22.0. The number of hydrogen-bond donors (Lipinski definition) is 2. The third-order valence-corrected chi connectivity index (χ3v) is 6.40. The standard InChI is InChI=1S/C24H23BrN4O3/c1-3-17-12-21(30)28-23(26-17)15-5-4-6-18(10-15)27-24(32)16-11-22(31)29(13-16)19-7-8-20(25)14(2)9-19/h4-10,12,16H,3,11,13H2,1-2H3,(H,27,32)(H,26,28,30). The van der Waals surface area contributed by atoms with Crippen molar-refractivity contribution in [3.8, 4) is 11.4 Å². The number of aromatic nitrogens is 2. The summed E-state index contributed by atoms with van der Waals surface area (Å²) in [5, 5.41) is 2.91. The highest BCUT2D eigenvalue weighted by Crippen LogP contribution is 2.29. The van der Waals surface area contributed by atoms with Gasteiger partial charge in [-0.3, -0.25) is 14.4 Å². The highest BCUT2D eigenvalue weighted by atomic mass is 79.9. The number of nitrogens with one attached hydrogen (secondary N) is 2. The van der Waals surface area contributed by atoms with Crippen molar-refractivity contribution in [3.05, 3.63) is 74.6 Å². The van der Waals surface area contributed by atoms with Crippen LogP contribution >= 0.6 is 15.9 Å². The molecule has 0 spiro atoms. The van der Waals surface area contributed by atoms with Crippen LogP contribution < -0.4 is 15.8 Å². The zero-order valence-corrected chi connectivity index (χ0v) is 19.4. The number of hydrogen-bond acceptors (Lipinski definition) is 4. The van der Waals surface area contributed by atoms with E-state index >= 15 is 0 Å². The molecule has 1 atom stereocenters. The van der Waals surface area contributed by atoms with E-state index < -0.39 is 5.92 Å². The third kappa shape index (κ3) is 4.65. The fourth-order valence-corrected chi connectivity index (χ4v) is 3.99. The Morgan fingerprint density at radius 1 is 1.22 bits per heavy atom. The van der Waals surface area contributed by atoms with Crippen molar-refractivity contribution in [3.63, 3.8) is 0 Å². The van der Waals surface area contributed by atoms with Crippen molar-refractivity contribution in [2.45, 2.75) is 26.7 Å². The molecule has 2 aromatic carbocycles. The van der Waals surface area contributed by atoms with Crippen LogP contribution in [0.3, 0.4) is 0 Å². The zero-order chi connectivity index (χ0) is 22.8. The molecule has 0 aliphatic carbocycles. The van der Waals surface area contributed by atoms with E-state index in [9.17, 15) is 14.4 Å². The Kier molecular flexibility index (Phi) is 6.23. The lowest BCUT2D eigenvalue weighted by atomic mass is 10.1. The van der Waals surface area contributed by atoms with Crippen LogP contribution in [0, 0.1) is 12.8 Å². The monoisotopic (exact) mass is 494 g/mol. The molecule has 8 heteroatoms. The maximum Gasteiger partial charge on any atom is 0.251 e. The molecular formula is C24H23BrN4O3. The summed E-state index contributed by atoms with van der Waals surface area (Å²) in [7, 11) is 0. The molecule has 4 rings (SSSR count). The fourth-order valence-electron chi connectivity index (χ4n) is 3.74. The lowest BCUT2D eigenvalue weighted by Crippen LogP contribution is -2.28. The number of carbonyl (C=O) groups excluding carboxylic acids is 2. The summed E-state index contributed by atoms with van der Waals surface area (Å²) in [6, 6.07) is 14.3. The summed E-state index contributed by atoms with van der Waals surface area (Å²) in [4.78, 5) is 46.2. The van der Waals surface area contributed by atoms with Gasteiger partial charge in [0.1, 0.15) is 5.82 Å². The van der Waals surface area contributed by atoms with E-state index in [1.54, 1.807) is 23.1 Å². The van der Waals surface area contributed by atoms with Gasteiger partial charge in [-0.1, -0.05) is 35.0 Å². The van der Waals surface area contributed by atoms with Gasteiger partial charge in [-0.2, -0.15) is 0 Å². The molecule has 2 N–H and O–H groups in total. The Balaban J connectivity index is 1.49. The third-order valence-electron chi connectivity index (χ3n) is 5.51. The Morgan fingerprint density at radius 3 is 2.78 bits per heavy atom. The lowest BCUT2D eigenvalue weighted by Gasteiger charge is -2.18. The number of anilines is 2. The number of aryl methyl sites for hydroxylation is 2. The van der Waals surface area contributed by atoms with Crippen LogP contribution in [0.5, 0.6) is 0 Å².